The van der Waals surface area contributed by atoms with Gasteiger partial charge in [-0.1, -0.05) is 42.5 Å². The van der Waals surface area contributed by atoms with Crippen molar-refractivity contribution in [3.05, 3.63) is 190 Å². The van der Waals surface area contributed by atoms with Crippen LogP contribution in [0.5, 0.6) is 92.0 Å². The van der Waals surface area contributed by atoms with Crippen molar-refractivity contribution in [3.8, 4) is 92.0 Å². The van der Waals surface area contributed by atoms with Crippen molar-refractivity contribution in [2.75, 3.05) is 110 Å². The molecule has 8 aromatic rings. The largest absolute Gasteiger partial charge is 0.504 e. The predicted molar refractivity (Wildman–Crippen MR) is 381 cm³/mol. The monoisotopic (exact) mass is 1490 g/mol. The molecule has 578 valence electrons. The van der Waals surface area contributed by atoms with E-state index < -0.39 is 77.8 Å². The topological polar surface area (TPSA) is 466 Å². The third-order valence-corrected chi connectivity index (χ3v) is 20.4. The second-order valence-corrected chi connectivity index (χ2v) is 26.1. The first-order valence-corrected chi connectivity index (χ1v) is 33.6. The summed E-state index contributed by atoms with van der Waals surface area (Å²) >= 11 is 0. The summed E-state index contributed by atoms with van der Waals surface area (Å²) in [5.74, 6) is -1.06. The molecule has 3 heterocycles. The highest BCUT2D eigenvalue weighted by atomic mass is 16.6. The normalized spacial score (nSPS) is 25.5. The molecule has 3 saturated heterocycles. The molecule has 13 atom stereocenters. The lowest BCUT2D eigenvalue weighted by Gasteiger charge is -2.44. The smallest absolute Gasteiger partial charge is 0.160 e. The molecule has 0 spiro atoms. The molecule has 107 heavy (non-hydrogen) atoms. The maximum Gasteiger partial charge on any atom is 0.160 e. The Morgan fingerprint density at radius 3 is 1.13 bits per heavy atom. The molecule has 8 aromatic carbocycles. The van der Waals surface area contributed by atoms with E-state index in [0.717, 1.165) is 11.1 Å². The number of aromatic hydroxyl groups is 8. The molecule has 12 rings (SSSR count). The number of rotatable bonds is 21. The van der Waals surface area contributed by atoms with E-state index in [2.05, 4.69) is 0 Å². The van der Waals surface area contributed by atoms with E-state index in [1.54, 1.807) is 66.7 Å². The first-order valence-electron chi connectivity index (χ1n) is 33.6. The Balaban J connectivity index is 0.000000165. The highest BCUT2D eigenvalue weighted by molar-refractivity contribution is 5.56. The summed E-state index contributed by atoms with van der Waals surface area (Å²) in [6.45, 7) is -2.75. The van der Waals surface area contributed by atoms with Gasteiger partial charge >= 0.3 is 0 Å². The van der Waals surface area contributed by atoms with E-state index in [4.69, 9.17) is 52.1 Å². The minimum absolute atomic E-state index is 0.00618. The molecule has 0 radical (unpaired) electrons. The highest BCUT2D eigenvalue weighted by Crippen LogP contribution is 2.55. The van der Waals surface area contributed by atoms with E-state index in [9.17, 15) is 91.9 Å². The molecule has 1 aliphatic carbocycles. The van der Waals surface area contributed by atoms with Crippen LogP contribution in [0.1, 0.15) is 80.4 Å². The standard InChI is InChI=1S/2C20H24O7.C19H22O8.C19H22O7/c1-25-17-7-11(3-5-15(17)23)19-13(9-21)14(10-22)20(27-19)12-4-6-16(24)18(8-12)26-2;1-26-17-5-11(3-4-15(17)23)19-13-7-16(24)18(27-2)6-12(13)8-20(25,10-22)14(19)9-21;1-25-15-7-11(3-5-13(15)21)17-18(23,9-20)19(24,10-27-17)12-4-6-14(22)16(8-12)26-2;1-24-16-7-11(3-5-14(16)21)18-13(9-20)19(23,10-26-18)12-4-6-15(22)17(8-12)25-2/h3-8,13-14,19-24H,9-10H2,1-2H3;3-7,14,19,21-25H,8-10H2,1-2H3;3-8,17,20-24H,9-10H2,1-2H3;3-8,13,18,20-23H,9-10H2,1-2H3. The van der Waals surface area contributed by atoms with Gasteiger partial charge in [0.05, 0.1) is 114 Å². The molecule has 29 nitrogen and oxygen atoms in total. The molecule has 3 aliphatic heterocycles. The van der Waals surface area contributed by atoms with Crippen LogP contribution in [0.15, 0.2) is 140 Å². The molecule has 4 aliphatic rings. The fourth-order valence-corrected chi connectivity index (χ4v) is 14.4. The molecule has 18 N–H and O–H groups in total. The molecule has 0 saturated carbocycles. The van der Waals surface area contributed by atoms with Crippen LogP contribution in [0.2, 0.25) is 0 Å². The molecule has 0 bridgehead atoms. The van der Waals surface area contributed by atoms with Crippen molar-refractivity contribution < 1.29 is 144 Å². The number of aliphatic hydroxyl groups excluding tert-OH is 6. The summed E-state index contributed by atoms with van der Waals surface area (Å²) < 4.78 is 58.7. The van der Waals surface area contributed by atoms with Gasteiger partial charge in [0.15, 0.2) is 97.6 Å². The fraction of sp³-hybridized carbons (Fsp3) is 0.385. The lowest BCUT2D eigenvalue weighted by molar-refractivity contribution is -0.163. The number of methoxy groups -OCH3 is 8. The molecule has 3 fully saturated rings. The minimum atomic E-state index is -2.10. The zero-order chi connectivity index (χ0) is 78.0. The molecular formula is C78H92O29. The van der Waals surface area contributed by atoms with Crippen molar-refractivity contribution in [2.24, 2.45) is 23.7 Å². The lowest BCUT2D eigenvalue weighted by Crippen LogP contribution is -2.54. The number of phenolic OH excluding ortho intramolecular Hbond substituents is 8. The third-order valence-electron chi connectivity index (χ3n) is 20.4. The van der Waals surface area contributed by atoms with Crippen molar-refractivity contribution >= 4 is 0 Å². The number of hydrogen-bond acceptors (Lipinski definition) is 29. The Morgan fingerprint density at radius 1 is 0.355 bits per heavy atom. The van der Waals surface area contributed by atoms with Gasteiger partial charge in [-0.25, -0.2) is 0 Å². The van der Waals surface area contributed by atoms with Crippen molar-refractivity contribution in [1.29, 1.82) is 0 Å². The van der Waals surface area contributed by atoms with Crippen LogP contribution in [-0.2, 0) is 31.8 Å². The van der Waals surface area contributed by atoms with Crippen LogP contribution in [0, 0.1) is 23.7 Å². The Bertz CT molecular complexity index is 4280. The summed E-state index contributed by atoms with van der Waals surface area (Å²) in [6, 6.07) is 35.4. The molecule has 0 aromatic heterocycles. The second-order valence-electron chi connectivity index (χ2n) is 26.1. The molecular weight excluding hydrogens is 1400 g/mol. The van der Waals surface area contributed by atoms with Crippen molar-refractivity contribution in [3.63, 3.8) is 0 Å². The van der Waals surface area contributed by atoms with Gasteiger partial charge in [-0.3, -0.25) is 0 Å². The van der Waals surface area contributed by atoms with E-state index in [0.29, 0.717) is 44.9 Å². The Kier molecular flexibility index (Phi) is 26.0. The van der Waals surface area contributed by atoms with Gasteiger partial charge in [0.2, 0.25) is 0 Å². The van der Waals surface area contributed by atoms with Crippen molar-refractivity contribution in [2.45, 2.75) is 59.2 Å². The quantitative estimate of drug-likeness (QED) is 0.0406. The van der Waals surface area contributed by atoms with Crippen LogP contribution in [0.25, 0.3) is 0 Å². The van der Waals surface area contributed by atoms with E-state index in [1.807, 2.05) is 0 Å². The maximum atomic E-state index is 11.3. The Hall–Kier alpha value is -9.96. The number of ether oxygens (including phenoxy) is 11. The van der Waals surface area contributed by atoms with E-state index in [1.165, 1.54) is 130 Å². The number of aliphatic hydroxyl groups is 10. The first-order chi connectivity index (χ1) is 51.2. The van der Waals surface area contributed by atoms with E-state index >= 15 is 0 Å². The molecule has 29 heteroatoms. The van der Waals surface area contributed by atoms with Crippen molar-refractivity contribution in [1.82, 2.24) is 0 Å². The summed E-state index contributed by atoms with van der Waals surface area (Å²) in [5, 5.41) is 183. The number of hydrogen-bond donors (Lipinski definition) is 18. The van der Waals surface area contributed by atoms with Gasteiger partial charge in [0.1, 0.15) is 17.3 Å². The zero-order valence-electron chi connectivity index (χ0n) is 59.9. The number of fused-ring (bicyclic) bond motifs is 1. The average Bonchev–Trinajstić information content (AvgIpc) is 1.64. The van der Waals surface area contributed by atoms with Crippen LogP contribution in [-0.4, -0.2) is 213 Å². The van der Waals surface area contributed by atoms with Crippen LogP contribution in [0.4, 0.5) is 0 Å². The van der Waals surface area contributed by atoms with Crippen LogP contribution < -0.4 is 37.9 Å². The van der Waals surface area contributed by atoms with Gasteiger partial charge in [0.25, 0.3) is 0 Å². The zero-order valence-corrected chi connectivity index (χ0v) is 59.9. The van der Waals surface area contributed by atoms with Gasteiger partial charge in [0, 0.05) is 55.8 Å². The number of phenols is 8. The highest BCUT2D eigenvalue weighted by Gasteiger charge is 2.62. The first kappa shape index (κ1) is 81.1. The summed E-state index contributed by atoms with van der Waals surface area (Å²) in [7, 11) is 11.4. The van der Waals surface area contributed by atoms with Gasteiger partial charge in [-0.15, -0.1) is 0 Å². The second kappa shape index (κ2) is 34.3. The summed E-state index contributed by atoms with van der Waals surface area (Å²) in [6.07, 6.45) is -2.58. The molecule has 0 amide bonds. The number of benzene rings is 8. The lowest BCUT2D eigenvalue weighted by atomic mass is 9.64. The average molecular weight is 1490 g/mol. The van der Waals surface area contributed by atoms with E-state index in [-0.39, 0.29) is 144 Å². The SMILES string of the molecule is COc1cc(C2OC(c3ccc(O)c(OC)c3)C(CO)C2CO)ccc1O.COc1cc(C2OCC(O)(c3ccc(O)c(OC)c3)C2(O)CO)ccc1O.COc1cc(C2OCC(O)(c3ccc(O)c(OC)c3)C2CO)ccc1O.COc1cc(C2c3cc(O)c(OC)cc3CC(O)(CO)C2CO)ccc1O. The summed E-state index contributed by atoms with van der Waals surface area (Å²) in [4.78, 5) is 0. The fourth-order valence-electron chi connectivity index (χ4n) is 14.4. The van der Waals surface area contributed by atoms with Gasteiger partial charge in [-0.05, 0) is 147 Å². The maximum absolute atomic E-state index is 11.3. The Morgan fingerprint density at radius 2 is 0.720 bits per heavy atom. The minimum Gasteiger partial charge on any atom is -0.504 e. The predicted octanol–water partition coefficient (Wildman–Crippen LogP) is 5.76. The van der Waals surface area contributed by atoms with Gasteiger partial charge in [-0.2, -0.15) is 0 Å². The summed E-state index contributed by atoms with van der Waals surface area (Å²) in [5.41, 5.74) is -1.81. The Labute approximate surface area is 615 Å². The van der Waals surface area contributed by atoms with Gasteiger partial charge < -0.3 is 144 Å². The third kappa shape index (κ3) is 15.9. The molecule has 13 unspecified atom stereocenters. The van der Waals surface area contributed by atoms with Crippen LogP contribution >= 0.6 is 0 Å². The van der Waals surface area contributed by atoms with Crippen LogP contribution in [0.3, 0.4) is 0 Å².